The van der Waals surface area contributed by atoms with Gasteiger partial charge in [-0.3, -0.25) is 4.72 Å². The maximum absolute atomic E-state index is 14.3. The number of nitrogen functional groups attached to an aromatic ring is 1. The van der Waals surface area contributed by atoms with E-state index in [1.54, 1.807) is 22.9 Å². The summed E-state index contributed by atoms with van der Waals surface area (Å²) in [5, 5.41) is 0. The van der Waals surface area contributed by atoms with E-state index in [1.165, 1.54) is 18.5 Å². The molecule has 0 saturated carbocycles. The minimum Gasteiger partial charge on any atom is -0.438 e. The van der Waals surface area contributed by atoms with E-state index in [-0.39, 0.29) is 17.6 Å². The quantitative estimate of drug-likeness (QED) is 0.519. The number of aromatic nitrogens is 3. The predicted molar refractivity (Wildman–Crippen MR) is 104 cm³/mol. The second kappa shape index (κ2) is 8.71. The van der Waals surface area contributed by atoms with Crippen LogP contribution in [-0.2, 0) is 10.0 Å². The number of nitrogens with one attached hydrogen (secondary N) is 1. The minimum absolute atomic E-state index is 0.0282. The van der Waals surface area contributed by atoms with Gasteiger partial charge in [-0.15, -0.1) is 0 Å². The van der Waals surface area contributed by atoms with Crippen LogP contribution in [0.4, 0.5) is 29.2 Å². The molecule has 0 saturated heterocycles. The van der Waals surface area contributed by atoms with E-state index in [2.05, 4.69) is 15.0 Å². The average molecular weight is 457 g/mol. The number of nitrogens with two attached hydrogens (primary N) is 1. The molecule has 2 heterocycles. The van der Waals surface area contributed by atoms with Gasteiger partial charge in [0.2, 0.25) is 21.9 Å². The Bertz CT molecular complexity index is 1190. The van der Waals surface area contributed by atoms with E-state index in [0.717, 1.165) is 12.1 Å². The predicted octanol–water partition coefficient (Wildman–Crippen LogP) is 3.75. The standard InChI is InChI=1S/C18H15F4N5O3S/c19-13-10-11(3-4-15(13)27-31(28,29)9-6-18(20,21)22)30-16-12(2-1-7-24-16)14-5-8-25-17(23)26-14/h1-5,7-8,10,27H,6,9H2,(H2,23,25,26). The first-order valence-electron chi connectivity index (χ1n) is 8.61. The Morgan fingerprint density at radius 1 is 1.10 bits per heavy atom. The molecule has 0 spiro atoms. The van der Waals surface area contributed by atoms with Crippen LogP contribution in [0.3, 0.4) is 0 Å². The van der Waals surface area contributed by atoms with Crippen molar-refractivity contribution >= 4 is 21.7 Å². The van der Waals surface area contributed by atoms with Crippen LogP contribution >= 0.6 is 0 Å². The molecule has 0 amide bonds. The number of pyridine rings is 1. The van der Waals surface area contributed by atoms with E-state index in [9.17, 15) is 26.0 Å². The molecule has 31 heavy (non-hydrogen) atoms. The van der Waals surface area contributed by atoms with E-state index in [4.69, 9.17) is 10.5 Å². The minimum atomic E-state index is -4.65. The lowest BCUT2D eigenvalue weighted by Crippen LogP contribution is -2.22. The van der Waals surface area contributed by atoms with Crippen molar-refractivity contribution in [2.45, 2.75) is 12.6 Å². The molecule has 0 fully saturated rings. The summed E-state index contributed by atoms with van der Waals surface area (Å²) in [6.45, 7) is 0. The zero-order chi connectivity index (χ0) is 22.6. The van der Waals surface area contributed by atoms with Gasteiger partial charge in [0.05, 0.1) is 29.1 Å². The molecule has 0 aliphatic heterocycles. The van der Waals surface area contributed by atoms with Crippen LogP contribution in [0.2, 0.25) is 0 Å². The fourth-order valence-corrected chi connectivity index (χ4v) is 3.52. The van der Waals surface area contributed by atoms with Gasteiger partial charge in [-0.05, 0) is 30.3 Å². The number of benzene rings is 1. The van der Waals surface area contributed by atoms with Gasteiger partial charge in [0.15, 0.2) is 5.82 Å². The van der Waals surface area contributed by atoms with Crippen LogP contribution in [-0.4, -0.2) is 35.3 Å². The first kappa shape index (κ1) is 22.2. The number of nitrogens with zero attached hydrogens (tertiary/aromatic N) is 3. The smallest absolute Gasteiger partial charge is 0.390 e. The van der Waals surface area contributed by atoms with Crippen LogP contribution in [0.15, 0.2) is 48.8 Å². The Hall–Kier alpha value is -3.48. The van der Waals surface area contributed by atoms with Gasteiger partial charge in [-0.1, -0.05) is 0 Å². The molecule has 164 valence electrons. The van der Waals surface area contributed by atoms with Gasteiger partial charge in [0.1, 0.15) is 5.75 Å². The topological polar surface area (TPSA) is 120 Å². The molecule has 0 atom stereocenters. The molecule has 8 nitrogen and oxygen atoms in total. The molecule has 0 radical (unpaired) electrons. The Morgan fingerprint density at radius 3 is 2.55 bits per heavy atom. The van der Waals surface area contributed by atoms with Gasteiger partial charge < -0.3 is 10.5 Å². The summed E-state index contributed by atoms with van der Waals surface area (Å²) in [6, 6.07) is 7.97. The highest BCUT2D eigenvalue weighted by Gasteiger charge is 2.30. The number of ether oxygens (including phenoxy) is 1. The lowest BCUT2D eigenvalue weighted by Gasteiger charge is -2.12. The summed E-state index contributed by atoms with van der Waals surface area (Å²) in [7, 11) is -4.40. The Morgan fingerprint density at radius 2 is 1.87 bits per heavy atom. The third-order valence-electron chi connectivity index (χ3n) is 3.80. The third kappa shape index (κ3) is 6.25. The highest BCUT2D eigenvalue weighted by Crippen LogP contribution is 2.32. The highest BCUT2D eigenvalue weighted by atomic mass is 32.2. The summed E-state index contributed by atoms with van der Waals surface area (Å²) < 4.78 is 82.0. The number of hydrogen-bond donors (Lipinski definition) is 2. The van der Waals surface area contributed by atoms with Crippen molar-refractivity contribution < 1.29 is 30.7 Å². The van der Waals surface area contributed by atoms with Crippen molar-refractivity contribution in [3.05, 3.63) is 54.6 Å². The molecule has 2 aromatic heterocycles. The lowest BCUT2D eigenvalue weighted by atomic mass is 10.2. The average Bonchev–Trinajstić information content (AvgIpc) is 2.69. The molecular weight excluding hydrogens is 442 g/mol. The normalized spacial score (nSPS) is 11.9. The molecule has 0 bridgehead atoms. The summed E-state index contributed by atoms with van der Waals surface area (Å²) in [5.41, 5.74) is 5.91. The van der Waals surface area contributed by atoms with E-state index < -0.39 is 39.9 Å². The summed E-state index contributed by atoms with van der Waals surface area (Å²) in [4.78, 5) is 11.9. The largest absolute Gasteiger partial charge is 0.438 e. The van der Waals surface area contributed by atoms with Crippen molar-refractivity contribution in [3.63, 3.8) is 0 Å². The first-order chi connectivity index (χ1) is 14.5. The van der Waals surface area contributed by atoms with Gasteiger partial charge in [-0.2, -0.15) is 13.2 Å². The fourth-order valence-electron chi connectivity index (χ4n) is 2.41. The number of halogens is 4. The molecule has 3 N–H and O–H groups in total. The highest BCUT2D eigenvalue weighted by molar-refractivity contribution is 7.92. The Labute approximate surface area is 174 Å². The lowest BCUT2D eigenvalue weighted by molar-refractivity contribution is -0.129. The Balaban J connectivity index is 1.79. The molecule has 1 aromatic carbocycles. The molecule has 3 aromatic rings. The van der Waals surface area contributed by atoms with Crippen molar-refractivity contribution in [1.82, 2.24) is 15.0 Å². The first-order valence-corrected chi connectivity index (χ1v) is 10.3. The number of sulfonamides is 1. The zero-order valence-corrected chi connectivity index (χ0v) is 16.4. The number of alkyl halides is 3. The van der Waals surface area contributed by atoms with Crippen molar-refractivity contribution in [2.75, 3.05) is 16.2 Å². The second-order valence-electron chi connectivity index (χ2n) is 6.19. The van der Waals surface area contributed by atoms with Crippen molar-refractivity contribution in [3.8, 4) is 22.9 Å². The van der Waals surface area contributed by atoms with Gasteiger partial charge in [0.25, 0.3) is 0 Å². The second-order valence-corrected chi connectivity index (χ2v) is 8.03. The molecule has 0 aliphatic rings. The van der Waals surface area contributed by atoms with Crippen LogP contribution < -0.4 is 15.2 Å². The Kier molecular flexibility index (Phi) is 6.24. The van der Waals surface area contributed by atoms with Gasteiger partial charge >= 0.3 is 6.18 Å². The van der Waals surface area contributed by atoms with Crippen molar-refractivity contribution in [1.29, 1.82) is 0 Å². The number of hydrogen-bond acceptors (Lipinski definition) is 7. The summed E-state index contributed by atoms with van der Waals surface area (Å²) in [6.07, 6.45) is -3.34. The monoisotopic (exact) mass is 457 g/mol. The zero-order valence-electron chi connectivity index (χ0n) is 15.6. The van der Waals surface area contributed by atoms with E-state index in [1.807, 2.05) is 0 Å². The fraction of sp³-hybridized carbons (Fsp3) is 0.167. The molecule has 3 rings (SSSR count). The van der Waals surface area contributed by atoms with Crippen LogP contribution in [0.1, 0.15) is 6.42 Å². The van der Waals surface area contributed by atoms with Gasteiger partial charge in [0, 0.05) is 18.5 Å². The van der Waals surface area contributed by atoms with Crippen LogP contribution in [0, 0.1) is 5.82 Å². The summed E-state index contributed by atoms with van der Waals surface area (Å²) >= 11 is 0. The summed E-state index contributed by atoms with van der Waals surface area (Å²) in [5.74, 6) is -2.21. The van der Waals surface area contributed by atoms with Crippen molar-refractivity contribution in [2.24, 2.45) is 0 Å². The number of anilines is 2. The van der Waals surface area contributed by atoms with E-state index >= 15 is 0 Å². The number of rotatable bonds is 7. The third-order valence-corrected chi connectivity index (χ3v) is 5.07. The van der Waals surface area contributed by atoms with Gasteiger partial charge in [-0.25, -0.2) is 27.8 Å². The SMILES string of the molecule is Nc1nccc(-c2cccnc2Oc2ccc(NS(=O)(=O)CCC(F)(F)F)c(F)c2)n1. The van der Waals surface area contributed by atoms with E-state index in [0.29, 0.717) is 11.3 Å². The maximum Gasteiger partial charge on any atom is 0.390 e. The van der Waals surface area contributed by atoms with Crippen LogP contribution in [0.5, 0.6) is 11.6 Å². The van der Waals surface area contributed by atoms with Crippen LogP contribution in [0.25, 0.3) is 11.3 Å². The molecule has 0 aliphatic carbocycles. The molecular formula is C18H15F4N5O3S. The molecule has 0 unspecified atom stereocenters. The molecule has 13 heteroatoms. The maximum atomic E-state index is 14.3.